The Morgan fingerprint density at radius 1 is 1.05 bits per heavy atom. The predicted molar refractivity (Wildman–Crippen MR) is 78.7 cm³/mol. The van der Waals surface area contributed by atoms with Gasteiger partial charge >= 0.3 is 6.09 Å². The summed E-state index contributed by atoms with van der Waals surface area (Å²) in [5, 5.41) is 2.81. The van der Waals surface area contributed by atoms with Crippen LogP contribution in [0.15, 0.2) is 0 Å². The van der Waals surface area contributed by atoms with Gasteiger partial charge in [-0.2, -0.15) is 5.48 Å². The van der Waals surface area contributed by atoms with E-state index in [1.807, 2.05) is 0 Å². The van der Waals surface area contributed by atoms with E-state index in [1.54, 1.807) is 27.9 Å². The molecule has 0 radical (unpaired) electrons. The monoisotopic (exact) mass is 304 g/mol. The van der Waals surface area contributed by atoms with Crippen molar-refractivity contribution in [2.45, 2.75) is 52.1 Å². The number of ether oxygens (including phenoxy) is 2. The number of unbranched alkanes of at least 4 members (excludes halogenated alkanes) is 1. The van der Waals surface area contributed by atoms with Crippen molar-refractivity contribution in [3.8, 4) is 0 Å². The van der Waals surface area contributed by atoms with Crippen LogP contribution < -0.4 is 10.8 Å². The Labute approximate surface area is 126 Å². The molecule has 0 rings (SSSR count). The number of methoxy groups -OCH3 is 1. The van der Waals surface area contributed by atoms with Crippen LogP contribution in [0.4, 0.5) is 4.79 Å². The fourth-order valence-corrected chi connectivity index (χ4v) is 1.40. The number of hydrogen-bond donors (Lipinski definition) is 2. The highest BCUT2D eigenvalue weighted by molar-refractivity contribution is 5.75. The summed E-state index contributed by atoms with van der Waals surface area (Å²) in [5.41, 5.74) is 1.67. The van der Waals surface area contributed by atoms with Crippen LogP contribution in [-0.4, -0.2) is 44.5 Å². The second-order valence-corrected chi connectivity index (χ2v) is 5.61. The minimum atomic E-state index is -0.603. The molecule has 0 atom stereocenters. The van der Waals surface area contributed by atoms with Crippen molar-refractivity contribution in [1.82, 2.24) is 10.8 Å². The lowest BCUT2D eigenvalue weighted by molar-refractivity contribution is -0.121. The van der Waals surface area contributed by atoms with Crippen molar-refractivity contribution in [2.24, 2.45) is 0 Å². The second kappa shape index (κ2) is 11.3. The molecule has 0 aliphatic carbocycles. The maximum absolute atomic E-state index is 11.4. The van der Waals surface area contributed by atoms with Crippen LogP contribution in [-0.2, 0) is 19.1 Å². The third-order valence-electron chi connectivity index (χ3n) is 2.30. The van der Waals surface area contributed by atoms with Gasteiger partial charge in [0, 0.05) is 26.7 Å². The van der Waals surface area contributed by atoms with Crippen LogP contribution in [0.2, 0.25) is 0 Å². The normalized spacial score (nSPS) is 11.0. The number of hydrogen-bond acceptors (Lipinski definition) is 5. The highest BCUT2D eigenvalue weighted by Gasteiger charge is 2.15. The van der Waals surface area contributed by atoms with Gasteiger partial charge in [0.2, 0.25) is 5.91 Å². The second-order valence-electron chi connectivity index (χ2n) is 5.61. The molecule has 2 amide bonds. The highest BCUT2D eigenvalue weighted by atomic mass is 16.7. The maximum atomic E-state index is 11.4. The van der Waals surface area contributed by atoms with E-state index in [1.165, 1.54) is 0 Å². The van der Waals surface area contributed by atoms with Gasteiger partial charge in [-0.15, -0.1) is 0 Å². The molecule has 0 saturated heterocycles. The van der Waals surface area contributed by atoms with Crippen molar-refractivity contribution < 1.29 is 23.9 Å². The molecule has 0 aromatic carbocycles. The molecule has 0 unspecified atom stereocenters. The third kappa shape index (κ3) is 14.9. The van der Waals surface area contributed by atoms with E-state index in [-0.39, 0.29) is 5.91 Å². The van der Waals surface area contributed by atoms with Crippen LogP contribution in [0.25, 0.3) is 0 Å². The van der Waals surface area contributed by atoms with E-state index in [2.05, 4.69) is 10.8 Å². The first-order valence-corrected chi connectivity index (χ1v) is 7.21. The summed E-state index contributed by atoms with van der Waals surface area (Å²) >= 11 is 0. The summed E-state index contributed by atoms with van der Waals surface area (Å²) < 4.78 is 9.87. The first-order chi connectivity index (χ1) is 9.85. The number of carbonyl (C=O) groups excluding carboxylic acids is 2. The Hall–Kier alpha value is -1.34. The predicted octanol–water partition coefficient (Wildman–Crippen LogP) is 1.77. The molecule has 7 nitrogen and oxygen atoms in total. The Morgan fingerprint density at radius 2 is 1.76 bits per heavy atom. The Bertz CT molecular complexity index is 302. The van der Waals surface area contributed by atoms with Crippen molar-refractivity contribution in [3.63, 3.8) is 0 Å². The van der Waals surface area contributed by atoms with E-state index < -0.39 is 11.7 Å². The van der Waals surface area contributed by atoms with Crippen LogP contribution >= 0.6 is 0 Å². The van der Waals surface area contributed by atoms with Crippen LogP contribution in [0, 0.1) is 0 Å². The largest absolute Gasteiger partial charge is 0.442 e. The number of rotatable bonds is 10. The van der Waals surface area contributed by atoms with E-state index in [0.717, 1.165) is 19.3 Å². The molecule has 21 heavy (non-hydrogen) atoms. The summed E-state index contributed by atoms with van der Waals surface area (Å²) in [6, 6.07) is 0. The average molecular weight is 304 g/mol. The van der Waals surface area contributed by atoms with Crippen molar-refractivity contribution >= 4 is 12.0 Å². The Balaban J connectivity index is 3.36. The van der Waals surface area contributed by atoms with Gasteiger partial charge in [0.1, 0.15) is 5.60 Å². The molecule has 2 N–H and O–H groups in total. The average Bonchev–Trinajstić information content (AvgIpc) is 2.35. The first-order valence-electron chi connectivity index (χ1n) is 7.21. The fraction of sp³-hybridized carbons (Fsp3) is 0.857. The molecule has 0 spiro atoms. The first kappa shape index (κ1) is 19.7. The summed E-state index contributed by atoms with van der Waals surface area (Å²) in [7, 11) is 1.61. The van der Waals surface area contributed by atoms with Gasteiger partial charge in [-0.1, -0.05) is 0 Å². The van der Waals surface area contributed by atoms with Crippen LogP contribution in [0.3, 0.4) is 0 Å². The topological polar surface area (TPSA) is 85.9 Å². The fourth-order valence-electron chi connectivity index (χ4n) is 1.40. The quantitative estimate of drug-likeness (QED) is 0.474. The maximum Gasteiger partial charge on any atom is 0.431 e. The Morgan fingerprint density at radius 3 is 2.38 bits per heavy atom. The molecule has 0 aromatic rings. The molecule has 0 heterocycles. The smallest absolute Gasteiger partial charge is 0.431 e. The zero-order valence-electron chi connectivity index (χ0n) is 13.5. The Kier molecular flexibility index (Phi) is 10.6. The van der Waals surface area contributed by atoms with Gasteiger partial charge in [-0.3, -0.25) is 9.63 Å². The van der Waals surface area contributed by atoms with Crippen molar-refractivity contribution in [3.05, 3.63) is 0 Å². The summed E-state index contributed by atoms with van der Waals surface area (Å²) in [6.07, 6.45) is 2.12. The summed E-state index contributed by atoms with van der Waals surface area (Å²) in [6.45, 7) is 6.91. The molecular formula is C14H28N2O5. The lowest BCUT2D eigenvalue weighted by Gasteiger charge is -2.19. The number of amides is 2. The van der Waals surface area contributed by atoms with Gasteiger partial charge in [-0.25, -0.2) is 4.79 Å². The van der Waals surface area contributed by atoms with Crippen molar-refractivity contribution in [1.29, 1.82) is 0 Å². The molecular weight excluding hydrogens is 276 g/mol. The number of nitrogens with one attached hydrogen (secondary N) is 2. The van der Waals surface area contributed by atoms with Gasteiger partial charge in [0.05, 0.1) is 6.61 Å². The molecule has 0 saturated carbocycles. The molecule has 7 heteroatoms. The van der Waals surface area contributed by atoms with Crippen LogP contribution in [0.1, 0.15) is 46.5 Å². The lowest BCUT2D eigenvalue weighted by atomic mass is 10.2. The zero-order valence-corrected chi connectivity index (χ0v) is 13.5. The van der Waals surface area contributed by atoms with E-state index >= 15 is 0 Å². The third-order valence-corrected chi connectivity index (χ3v) is 2.30. The SMILES string of the molecule is COCCCC(=O)NCCCCONC(=O)OC(C)(C)C. The van der Waals surface area contributed by atoms with Gasteiger partial charge in [0.25, 0.3) is 0 Å². The summed E-state index contributed by atoms with van der Waals surface area (Å²) in [4.78, 5) is 27.6. The van der Waals surface area contributed by atoms with E-state index in [0.29, 0.717) is 26.2 Å². The van der Waals surface area contributed by atoms with Gasteiger partial charge < -0.3 is 14.8 Å². The molecule has 0 aliphatic heterocycles. The minimum absolute atomic E-state index is 0.0276. The number of hydroxylamine groups is 1. The minimum Gasteiger partial charge on any atom is -0.442 e. The van der Waals surface area contributed by atoms with E-state index in [9.17, 15) is 9.59 Å². The van der Waals surface area contributed by atoms with Crippen molar-refractivity contribution in [2.75, 3.05) is 26.9 Å². The molecule has 0 aliphatic rings. The number of carbonyl (C=O) groups is 2. The standard InChI is InChI=1S/C14H28N2O5/c1-14(2,3)21-13(18)16-20-11-6-5-9-15-12(17)8-7-10-19-4/h5-11H2,1-4H3,(H,15,17)(H,16,18). The molecule has 0 aromatic heterocycles. The van der Waals surface area contributed by atoms with Crippen LogP contribution in [0.5, 0.6) is 0 Å². The lowest BCUT2D eigenvalue weighted by Crippen LogP contribution is -2.32. The van der Waals surface area contributed by atoms with Gasteiger partial charge in [0.15, 0.2) is 0 Å². The molecule has 0 bridgehead atoms. The molecule has 0 fully saturated rings. The summed E-state index contributed by atoms with van der Waals surface area (Å²) in [5.74, 6) is 0.0276. The van der Waals surface area contributed by atoms with Gasteiger partial charge in [-0.05, 0) is 40.0 Å². The molecule has 124 valence electrons. The zero-order chi connectivity index (χ0) is 16.1. The highest BCUT2D eigenvalue weighted by Crippen LogP contribution is 2.06. The van der Waals surface area contributed by atoms with E-state index in [4.69, 9.17) is 14.3 Å².